The summed E-state index contributed by atoms with van der Waals surface area (Å²) in [5.41, 5.74) is -0.0652. The summed E-state index contributed by atoms with van der Waals surface area (Å²) >= 11 is 0. The van der Waals surface area contributed by atoms with Gasteiger partial charge in [-0.1, -0.05) is 39.0 Å². The number of carbonyl (C=O) groups is 1. The number of aliphatic hydroxyl groups excluding tert-OH is 1. The van der Waals surface area contributed by atoms with Gasteiger partial charge in [0.25, 0.3) is 5.91 Å². The van der Waals surface area contributed by atoms with Crippen LogP contribution in [-0.2, 0) is 9.16 Å². The van der Waals surface area contributed by atoms with E-state index in [0.717, 1.165) is 0 Å². The molecular weight excluding hydrogens is 414 g/mol. The van der Waals surface area contributed by atoms with Gasteiger partial charge in [-0.05, 0) is 36.3 Å². The van der Waals surface area contributed by atoms with Crippen LogP contribution >= 0.6 is 0 Å². The fourth-order valence-electron chi connectivity index (χ4n) is 3.19. The molecule has 1 aliphatic rings. The SMILES string of the molecule is CC(C)(C)[Si](C)(C)O[C@H]1C[C@H](n2ccc(NC(=O)c3ccccc3)nc2=O)O[C@@H]1CO. The Labute approximate surface area is 183 Å². The van der Waals surface area contributed by atoms with Crippen molar-refractivity contribution in [2.75, 3.05) is 11.9 Å². The minimum absolute atomic E-state index is 0.0160. The Kier molecular flexibility index (Phi) is 6.80. The average molecular weight is 446 g/mol. The summed E-state index contributed by atoms with van der Waals surface area (Å²) in [6, 6.07) is 10.3. The Morgan fingerprint density at radius 3 is 2.55 bits per heavy atom. The summed E-state index contributed by atoms with van der Waals surface area (Å²) in [5.74, 6) is -0.175. The van der Waals surface area contributed by atoms with Crippen molar-refractivity contribution in [2.45, 2.75) is 63.8 Å². The highest BCUT2D eigenvalue weighted by Crippen LogP contribution is 2.40. The lowest BCUT2D eigenvalue weighted by Crippen LogP contribution is -2.46. The normalized spacial score (nSPS) is 21.8. The van der Waals surface area contributed by atoms with Crippen LogP contribution in [0.2, 0.25) is 18.1 Å². The molecule has 3 atom stereocenters. The van der Waals surface area contributed by atoms with E-state index in [4.69, 9.17) is 9.16 Å². The summed E-state index contributed by atoms with van der Waals surface area (Å²) in [5, 5.41) is 12.4. The largest absolute Gasteiger partial charge is 0.411 e. The van der Waals surface area contributed by atoms with Gasteiger partial charge < -0.3 is 19.6 Å². The van der Waals surface area contributed by atoms with Gasteiger partial charge in [-0.2, -0.15) is 4.98 Å². The van der Waals surface area contributed by atoms with Crippen LogP contribution in [0.5, 0.6) is 0 Å². The van der Waals surface area contributed by atoms with E-state index < -0.39 is 26.3 Å². The Morgan fingerprint density at radius 1 is 1.29 bits per heavy atom. The van der Waals surface area contributed by atoms with Crippen LogP contribution < -0.4 is 11.0 Å². The molecule has 0 aliphatic carbocycles. The summed E-state index contributed by atoms with van der Waals surface area (Å²) in [7, 11) is -2.07. The lowest BCUT2D eigenvalue weighted by molar-refractivity contribution is -0.0438. The average Bonchev–Trinajstić information content (AvgIpc) is 3.09. The van der Waals surface area contributed by atoms with Crippen molar-refractivity contribution in [3.05, 3.63) is 58.6 Å². The highest BCUT2D eigenvalue weighted by Gasteiger charge is 2.45. The predicted molar refractivity (Wildman–Crippen MR) is 121 cm³/mol. The van der Waals surface area contributed by atoms with Gasteiger partial charge in [0.1, 0.15) is 18.1 Å². The number of hydrogen-bond acceptors (Lipinski definition) is 6. The third kappa shape index (κ3) is 5.30. The molecular formula is C22H31N3O5Si. The maximum atomic E-state index is 12.6. The second-order valence-electron chi connectivity index (χ2n) is 9.29. The molecule has 9 heteroatoms. The van der Waals surface area contributed by atoms with E-state index in [1.165, 1.54) is 4.57 Å². The van der Waals surface area contributed by atoms with Crippen LogP contribution in [0.1, 0.15) is 43.8 Å². The van der Waals surface area contributed by atoms with Crippen molar-refractivity contribution in [3.63, 3.8) is 0 Å². The van der Waals surface area contributed by atoms with Gasteiger partial charge in [0.15, 0.2) is 8.32 Å². The van der Waals surface area contributed by atoms with Crippen LogP contribution in [0.25, 0.3) is 0 Å². The molecule has 8 nitrogen and oxygen atoms in total. The van der Waals surface area contributed by atoms with Crippen molar-refractivity contribution in [1.82, 2.24) is 9.55 Å². The fourth-order valence-corrected chi connectivity index (χ4v) is 4.55. The monoisotopic (exact) mass is 445 g/mol. The molecule has 0 saturated carbocycles. The number of amides is 1. The number of rotatable bonds is 6. The molecule has 3 rings (SSSR count). The van der Waals surface area contributed by atoms with E-state index >= 15 is 0 Å². The zero-order chi connectivity index (χ0) is 22.8. The first kappa shape index (κ1) is 23.3. The maximum Gasteiger partial charge on any atom is 0.351 e. The van der Waals surface area contributed by atoms with Gasteiger partial charge >= 0.3 is 5.69 Å². The summed E-state index contributed by atoms with van der Waals surface area (Å²) in [6.07, 6.45) is 0.577. The molecule has 1 fully saturated rings. The Hall–Kier alpha value is -2.33. The zero-order valence-corrected chi connectivity index (χ0v) is 19.7. The highest BCUT2D eigenvalue weighted by atomic mass is 28.4. The summed E-state index contributed by atoms with van der Waals surface area (Å²) in [6.45, 7) is 10.6. The number of aliphatic hydroxyl groups is 1. The van der Waals surface area contributed by atoms with E-state index in [2.05, 4.69) is 44.2 Å². The molecule has 0 spiro atoms. The van der Waals surface area contributed by atoms with Crippen LogP contribution in [-0.4, -0.2) is 47.7 Å². The van der Waals surface area contributed by atoms with Gasteiger partial charge in [0, 0.05) is 18.2 Å². The number of benzene rings is 1. The molecule has 0 bridgehead atoms. The van der Waals surface area contributed by atoms with E-state index in [0.29, 0.717) is 12.0 Å². The Morgan fingerprint density at radius 2 is 1.97 bits per heavy atom. The molecule has 2 aromatic rings. The molecule has 1 aromatic carbocycles. The first-order valence-corrected chi connectivity index (χ1v) is 13.3. The molecule has 1 aliphatic heterocycles. The molecule has 1 amide bonds. The standard InChI is InChI=1S/C22H31N3O5Si/c1-22(2,3)31(4,5)30-16-13-19(29-17(16)14-26)25-12-11-18(24-21(25)28)23-20(27)15-9-7-6-8-10-15/h6-12,16-17,19,26H,13-14H2,1-5H3,(H,23,24,27,28)/t16-,17+,19+/m0/s1. The highest BCUT2D eigenvalue weighted by molar-refractivity contribution is 6.74. The molecule has 2 heterocycles. The maximum absolute atomic E-state index is 12.6. The number of nitrogens with zero attached hydrogens (tertiary/aromatic N) is 2. The topological polar surface area (TPSA) is 103 Å². The number of carbonyl (C=O) groups excluding carboxylic acids is 1. The second-order valence-corrected chi connectivity index (χ2v) is 14.0. The van der Waals surface area contributed by atoms with Crippen LogP contribution in [0.4, 0.5) is 5.82 Å². The van der Waals surface area contributed by atoms with Crippen molar-refractivity contribution in [3.8, 4) is 0 Å². The minimum atomic E-state index is -2.07. The third-order valence-electron chi connectivity index (χ3n) is 6.03. The number of hydrogen-bond donors (Lipinski definition) is 2. The molecule has 0 unspecified atom stereocenters. The van der Waals surface area contributed by atoms with Crippen molar-refractivity contribution >= 4 is 20.0 Å². The van der Waals surface area contributed by atoms with Gasteiger partial charge in [0.05, 0.1) is 12.7 Å². The second kappa shape index (κ2) is 9.03. The van der Waals surface area contributed by atoms with Crippen LogP contribution in [0, 0.1) is 0 Å². The molecule has 0 radical (unpaired) electrons. The first-order valence-electron chi connectivity index (χ1n) is 10.4. The summed E-state index contributed by atoms with van der Waals surface area (Å²) < 4.78 is 13.7. The Bertz CT molecular complexity index is 971. The molecule has 1 aromatic heterocycles. The lowest BCUT2D eigenvalue weighted by atomic mass is 10.2. The summed E-state index contributed by atoms with van der Waals surface area (Å²) in [4.78, 5) is 28.9. The third-order valence-corrected chi connectivity index (χ3v) is 10.5. The quantitative estimate of drug-likeness (QED) is 0.662. The zero-order valence-electron chi connectivity index (χ0n) is 18.7. The van der Waals surface area contributed by atoms with Crippen LogP contribution in [0.15, 0.2) is 47.4 Å². The predicted octanol–water partition coefficient (Wildman–Crippen LogP) is 3.17. The van der Waals surface area contributed by atoms with Crippen molar-refractivity contribution < 1.29 is 19.1 Å². The van der Waals surface area contributed by atoms with E-state index in [9.17, 15) is 14.7 Å². The Balaban J connectivity index is 1.73. The smallest absolute Gasteiger partial charge is 0.351 e. The van der Waals surface area contributed by atoms with Crippen molar-refractivity contribution in [2.24, 2.45) is 0 Å². The van der Waals surface area contributed by atoms with Gasteiger partial charge in [0.2, 0.25) is 0 Å². The molecule has 2 N–H and O–H groups in total. The van der Waals surface area contributed by atoms with E-state index in [1.54, 1.807) is 36.5 Å². The number of nitrogens with one attached hydrogen (secondary N) is 1. The van der Waals surface area contributed by atoms with Gasteiger partial charge in [-0.3, -0.25) is 9.36 Å². The molecule has 31 heavy (non-hydrogen) atoms. The first-order chi connectivity index (χ1) is 14.5. The number of ether oxygens (including phenoxy) is 1. The number of anilines is 1. The van der Waals surface area contributed by atoms with E-state index in [1.807, 2.05) is 6.07 Å². The molecule has 1 saturated heterocycles. The van der Waals surface area contributed by atoms with E-state index in [-0.39, 0.29) is 29.5 Å². The fraction of sp³-hybridized carbons (Fsp3) is 0.500. The molecule has 168 valence electrons. The van der Waals surface area contributed by atoms with Crippen molar-refractivity contribution in [1.29, 1.82) is 0 Å². The number of aromatic nitrogens is 2. The minimum Gasteiger partial charge on any atom is -0.411 e. The lowest BCUT2D eigenvalue weighted by Gasteiger charge is -2.39. The van der Waals surface area contributed by atoms with Gasteiger partial charge in [-0.15, -0.1) is 0 Å². The van der Waals surface area contributed by atoms with Gasteiger partial charge in [-0.25, -0.2) is 4.79 Å². The van der Waals surface area contributed by atoms with Crippen LogP contribution in [0.3, 0.4) is 0 Å².